The van der Waals surface area contributed by atoms with Gasteiger partial charge in [0.15, 0.2) is 0 Å². The highest BCUT2D eigenvalue weighted by atomic mass is 79.9. The minimum absolute atomic E-state index is 0.328. The molecule has 0 atom stereocenters. The molecule has 0 saturated heterocycles. The summed E-state index contributed by atoms with van der Waals surface area (Å²) in [7, 11) is 0. The zero-order chi connectivity index (χ0) is 16.4. The van der Waals surface area contributed by atoms with Crippen LogP contribution in [-0.2, 0) is 6.54 Å². The van der Waals surface area contributed by atoms with Crippen LogP contribution < -0.4 is 10.6 Å². The van der Waals surface area contributed by atoms with E-state index in [1.807, 2.05) is 12.1 Å². The van der Waals surface area contributed by atoms with Crippen molar-refractivity contribution >= 4 is 45.2 Å². The lowest BCUT2D eigenvalue weighted by Crippen LogP contribution is -2.19. The Morgan fingerprint density at radius 1 is 1.09 bits per heavy atom. The maximum Gasteiger partial charge on any atom is 0.259 e. The maximum atomic E-state index is 11.7. The Morgan fingerprint density at radius 3 is 2.65 bits per heavy atom. The van der Waals surface area contributed by atoms with Gasteiger partial charge in [-0.25, -0.2) is 0 Å². The van der Waals surface area contributed by atoms with Gasteiger partial charge in [-0.1, -0.05) is 28.9 Å². The lowest BCUT2D eigenvalue weighted by molar-refractivity contribution is 0.0879. The summed E-state index contributed by atoms with van der Waals surface area (Å²) < 4.78 is 1.06. The van der Waals surface area contributed by atoms with Crippen molar-refractivity contribution in [3.05, 3.63) is 57.6 Å². The SMILES string of the molecule is CCSc1cc(Br)ccc1CNc1ccc2c(c1)C(=O)NC2=O. The molecule has 1 aliphatic rings. The number of carbonyl (C=O) groups is 2. The van der Waals surface area contributed by atoms with Crippen LogP contribution in [0.5, 0.6) is 0 Å². The number of halogens is 1. The first-order valence-corrected chi connectivity index (χ1v) is 9.01. The molecule has 1 heterocycles. The summed E-state index contributed by atoms with van der Waals surface area (Å²) >= 11 is 5.29. The summed E-state index contributed by atoms with van der Waals surface area (Å²) in [6, 6.07) is 11.4. The predicted molar refractivity (Wildman–Crippen MR) is 96.1 cm³/mol. The second kappa shape index (κ2) is 6.76. The van der Waals surface area contributed by atoms with E-state index in [-0.39, 0.29) is 11.8 Å². The number of fused-ring (bicyclic) bond motifs is 1. The monoisotopic (exact) mass is 390 g/mol. The second-order valence-corrected chi connectivity index (χ2v) is 7.30. The number of amides is 2. The van der Waals surface area contributed by atoms with Crippen molar-refractivity contribution in [3.8, 4) is 0 Å². The molecule has 0 fully saturated rings. The van der Waals surface area contributed by atoms with Crippen molar-refractivity contribution in [1.29, 1.82) is 0 Å². The van der Waals surface area contributed by atoms with Crippen LogP contribution in [0.4, 0.5) is 5.69 Å². The van der Waals surface area contributed by atoms with Crippen LogP contribution >= 0.6 is 27.7 Å². The van der Waals surface area contributed by atoms with Crippen LogP contribution in [0.2, 0.25) is 0 Å². The number of thioether (sulfide) groups is 1. The Hall–Kier alpha value is -1.79. The van der Waals surface area contributed by atoms with E-state index in [4.69, 9.17) is 0 Å². The van der Waals surface area contributed by atoms with E-state index < -0.39 is 0 Å². The first-order chi connectivity index (χ1) is 11.1. The number of hydrogen-bond donors (Lipinski definition) is 2. The standard InChI is InChI=1S/C17H15BrN2O2S/c1-2-23-15-7-11(18)4-3-10(15)9-19-12-5-6-13-14(8-12)17(22)20-16(13)21/h3-8,19H,2,9H2,1H3,(H,20,21,22). The summed E-state index contributed by atoms with van der Waals surface area (Å²) in [5, 5.41) is 5.63. The molecular weight excluding hydrogens is 376 g/mol. The van der Waals surface area contributed by atoms with E-state index >= 15 is 0 Å². The number of rotatable bonds is 5. The Kier molecular flexibility index (Phi) is 4.73. The molecule has 3 rings (SSSR count). The number of carbonyl (C=O) groups excluding carboxylic acids is 2. The summed E-state index contributed by atoms with van der Waals surface area (Å²) in [5.41, 5.74) is 2.88. The van der Waals surface area contributed by atoms with Gasteiger partial charge in [0.1, 0.15) is 0 Å². The zero-order valence-electron chi connectivity index (χ0n) is 12.5. The molecule has 0 unspecified atom stereocenters. The lowest BCUT2D eigenvalue weighted by Gasteiger charge is -2.12. The normalized spacial score (nSPS) is 13.0. The third-order valence-electron chi connectivity index (χ3n) is 3.55. The fourth-order valence-corrected chi connectivity index (χ4v) is 3.80. The van der Waals surface area contributed by atoms with Crippen LogP contribution in [0.1, 0.15) is 33.2 Å². The van der Waals surface area contributed by atoms with Gasteiger partial charge < -0.3 is 5.32 Å². The van der Waals surface area contributed by atoms with E-state index in [1.165, 1.54) is 10.5 Å². The minimum Gasteiger partial charge on any atom is -0.381 e. The van der Waals surface area contributed by atoms with Gasteiger partial charge in [-0.2, -0.15) is 0 Å². The summed E-state index contributed by atoms with van der Waals surface area (Å²) in [5.74, 6) is 0.343. The van der Waals surface area contributed by atoms with Crippen LogP contribution in [0.3, 0.4) is 0 Å². The summed E-state index contributed by atoms with van der Waals surface area (Å²) in [6.07, 6.45) is 0. The van der Waals surface area contributed by atoms with Gasteiger partial charge in [-0.05, 0) is 41.6 Å². The Morgan fingerprint density at radius 2 is 1.87 bits per heavy atom. The quantitative estimate of drug-likeness (QED) is 0.596. The number of imide groups is 1. The van der Waals surface area contributed by atoms with Crippen LogP contribution in [-0.4, -0.2) is 17.6 Å². The van der Waals surface area contributed by atoms with Gasteiger partial charge in [0.25, 0.3) is 11.8 Å². The highest BCUT2D eigenvalue weighted by molar-refractivity contribution is 9.10. The molecule has 0 saturated carbocycles. The molecule has 2 aromatic rings. The molecule has 4 nitrogen and oxygen atoms in total. The molecule has 2 aromatic carbocycles. The number of hydrogen-bond acceptors (Lipinski definition) is 4. The fourth-order valence-electron chi connectivity index (χ4n) is 2.44. The topological polar surface area (TPSA) is 58.2 Å². The average Bonchev–Trinajstić information content (AvgIpc) is 2.81. The summed E-state index contributed by atoms with van der Waals surface area (Å²) in [4.78, 5) is 24.5. The summed E-state index contributed by atoms with van der Waals surface area (Å²) in [6.45, 7) is 2.78. The maximum absolute atomic E-state index is 11.7. The van der Waals surface area contributed by atoms with Crippen LogP contribution in [0, 0.1) is 0 Å². The molecular formula is C17H15BrN2O2S. The molecule has 1 aliphatic heterocycles. The molecule has 2 amide bonds. The van der Waals surface area contributed by atoms with Gasteiger partial charge in [-0.3, -0.25) is 14.9 Å². The first-order valence-electron chi connectivity index (χ1n) is 7.23. The highest BCUT2D eigenvalue weighted by Gasteiger charge is 2.26. The molecule has 23 heavy (non-hydrogen) atoms. The molecule has 0 radical (unpaired) electrons. The zero-order valence-corrected chi connectivity index (χ0v) is 14.9. The van der Waals surface area contributed by atoms with E-state index in [0.29, 0.717) is 17.7 Å². The van der Waals surface area contributed by atoms with Gasteiger partial charge in [0, 0.05) is 21.6 Å². The van der Waals surface area contributed by atoms with Crippen molar-refractivity contribution in [2.75, 3.05) is 11.1 Å². The van der Waals surface area contributed by atoms with Gasteiger partial charge in [0.2, 0.25) is 0 Å². The van der Waals surface area contributed by atoms with Gasteiger partial charge >= 0.3 is 0 Å². The first kappa shape index (κ1) is 16.1. The molecule has 0 aliphatic carbocycles. The Balaban J connectivity index is 1.78. The van der Waals surface area contributed by atoms with Crippen molar-refractivity contribution in [3.63, 3.8) is 0 Å². The molecule has 0 bridgehead atoms. The average molecular weight is 391 g/mol. The lowest BCUT2D eigenvalue weighted by atomic mass is 10.1. The molecule has 0 aromatic heterocycles. The molecule has 118 valence electrons. The fraction of sp³-hybridized carbons (Fsp3) is 0.176. The van der Waals surface area contributed by atoms with Crippen LogP contribution in [0.15, 0.2) is 45.8 Å². The number of anilines is 1. The Bertz CT molecular complexity index is 792. The second-order valence-electron chi connectivity index (χ2n) is 5.08. The van der Waals surface area contributed by atoms with E-state index in [9.17, 15) is 9.59 Å². The third-order valence-corrected chi connectivity index (χ3v) is 5.02. The smallest absolute Gasteiger partial charge is 0.259 e. The van der Waals surface area contributed by atoms with Crippen molar-refractivity contribution in [1.82, 2.24) is 5.32 Å². The number of benzene rings is 2. The third kappa shape index (κ3) is 3.43. The molecule has 2 N–H and O–H groups in total. The van der Waals surface area contributed by atoms with E-state index in [1.54, 1.807) is 23.9 Å². The van der Waals surface area contributed by atoms with Gasteiger partial charge in [-0.15, -0.1) is 11.8 Å². The van der Waals surface area contributed by atoms with Crippen molar-refractivity contribution < 1.29 is 9.59 Å². The predicted octanol–water partition coefficient (Wildman–Crippen LogP) is 4.06. The highest BCUT2D eigenvalue weighted by Crippen LogP contribution is 2.27. The van der Waals surface area contributed by atoms with Gasteiger partial charge in [0.05, 0.1) is 11.1 Å². The number of nitrogens with one attached hydrogen (secondary N) is 2. The Labute approximate surface area is 147 Å². The van der Waals surface area contributed by atoms with Crippen LogP contribution in [0.25, 0.3) is 0 Å². The van der Waals surface area contributed by atoms with Crippen molar-refractivity contribution in [2.45, 2.75) is 18.4 Å². The van der Waals surface area contributed by atoms with Crippen molar-refractivity contribution in [2.24, 2.45) is 0 Å². The van der Waals surface area contributed by atoms with E-state index in [0.717, 1.165) is 15.9 Å². The largest absolute Gasteiger partial charge is 0.381 e. The van der Waals surface area contributed by atoms with E-state index in [2.05, 4.69) is 45.6 Å². The molecule has 0 spiro atoms. The minimum atomic E-state index is -0.334. The molecule has 6 heteroatoms.